The van der Waals surface area contributed by atoms with E-state index >= 15 is 0 Å². The van der Waals surface area contributed by atoms with Crippen LogP contribution >= 0.6 is 0 Å². The fourth-order valence-corrected chi connectivity index (χ4v) is 10.4. The number of ether oxygens (including phenoxy) is 6. The zero-order valence-corrected chi connectivity index (χ0v) is 48.0. The van der Waals surface area contributed by atoms with E-state index < -0.39 is 53.6 Å². The SMILES string of the molecule is [3H]CCNCCCCC(NC(=O)C(CC(=O)COCC(=O)CCCOCCOCCN=[N+]=[N-])Cc1ccccc1)C(=O)Cc1ccc(COC(=O)NCC(=O)O[C@]2(CC)C(=O)OCc3c2cc2n(c3=O)Cc3c-2nc2ccc(O)cc2c3CC)cc1. The minimum absolute atomic E-state index is 0.0570. The Labute approximate surface area is 493 Å². The largest absolute Gasteiger partial charge is 0.508 e. The number of esters is 2. The van der Waals surface area contributed by atoms with Gasteiger partial charge < -0.3 is 54.0 Å². The number of aryl methyl sites for hydroxylation is 1. The second-order valence-electron chi connectivity index (χ2n) is 20.7. The van der Waals surface area contributed by atoms with Gasteiger partial charge in [-0.2, -0.15) is 0 Å². The number of azide groups is 1. The van der Waals surface area contributed by atoms with Crippen molar-refractivity contribution in [2.75, 3.05) is 65.8 Å². The van der Waals surface area contributed by atoms with E-state index in [0.29, 0.717) is 93.0 Å². The lowest BCUT2D eigenvalue weighted by atomic mass is 9.85. The van der Waals surface area contributed by atoms with Crippen LogP contribution in [-0.2, 0) is 102 Å². The number of aromatic hydroxyl groups is 1. The lowest BCUT2D eigenvalue weighted by Gasteiger charge is -2.35. The predicted molar refractivity (Wildman–Crippen MR) is 311 cm³/mol. The number of cyclic esters (lactones) is 1. The number of alkyl carbamates (subject to hydrolysis) is 1. The summed E-state index contributed by atoms with van der Waals surface area (Å²) >= 11 is 0. The summed E-state index contributed by atoms with van der Waals surface area (Å²) in [5, 5.41) is 22.9. The molecule has 0 aliphatic carbocycles. The number of unbranched alkanes of at least 4 members (excludes halogenated alkanes) is 1. The summed E-state index contributed by atoms with van der Waals surface area (Å²) in [6.45, 7) is 4.70. The van der Waals surface area contributed by atoms with Crippen LogP contribution in [0.1, 0.15) is 106 Å². The summed E-state index contributed by atoms with van der Waals surface area (Å²) in [7, 11) is 0. The number of phenols is 1. The van der Waals surface area contributed by atoms with Crippen LogP contribution < -0.4 is 21.5 Å². The number of aromatic nitrogens is 2. The van der Waals surface area contributed by atoms with E-state index in [1.54, 1.807) is 54.0 Å². The Balaban J connectivity index is 0.911. The molecule has 0 radical (unpaired) electrons. The lowest BCUT2D eigenvalue weighted by Crippen LogP contribution is -2.48. The van der Waals surface area contributed by atoms with Crippen LogP contribution in [0, 0.1) is 5.92 Å². The number of carbonyl (C=O) groups excluding carboxylic acids is 7. The summed E-state index contributed by atoms with van der Waals surface area (Å²) in [5.74, 6) is -4.00. The van der Waals surface area contributed by atoms with Gasteiger partial charge in [-0.25, -0.2) is 14.6 Å². The Morgan fingerprint density at radius 2 is 1.66 bits per heavy atom. The third-order valence-corrected chi connectivity index (χ3v) is 14.7. The van der Waals surface area contributed by atoms with Gasteiger partial charge in [-0.15, -0.1) is 0 Å². The summed E-state index contributed by atoms with van der Waals surface area (Å²) in [5.41, 5.74) is 11.4. The van der Waals surface area contributed by atoms with Crippen molar-refractivity contribution in [2.45, 2.75) is 116 Å². The number of rotatable bonds is 36. The second kappa shape index (κ2) is 32.1. The molecule has 2 aliphatic rings. The molecule has 23 heteroatoms. The van der Waals surface area contributed by atoms with Crippen LogP contribution in [0.25, 0.3) is 32.7 Å². The fraction of sp³-hybridized carbons (Fsp3) is 0.468. The zero-order valence-electron chi connectivity index (χ0n) is 49.0. The molecule has 7 rings (SSSR count). The number of carbonyl (C=O) groups is 7. The maximum atomic E-state index is 14.2. The molecule has 0 saturated carbocycles. The molecule has 2 aliphatic heterocycles. The van der Waals surface area contributed by atoms with Crippen molar-refractivity contribution < 1.29 is 68.5 Å². The van der Waals surface area contributed by atoms with Crippen LogP contribution in [0.4, 0.5) is 4.79 Å². The number of hydrogen-bond donors (Lipinski definition) is 4. The maximum Gasteiger partial charge on any atom is 0.407 e. The minimum atomic E-state index is -2.01. The Bertz CT molecular complexity index is 3320. The number of pyridine rings is 2. The number of fused-ring (bicyclic) bond motifs is 5. The molecule has 23 nitrogen and oxygen atoms in total. The van der Waals surface area contributed by atoms with Crippen LogP contribution in [0.5, 0.6) is 5.75 Å². The smallest absolute Gasteiger partial charge is 0.407 e. The standard InChI is InChI=1S/C62H74N8O15/c1-4-47-48-32-44(71)21-22-52(48)67-57-49(47)35-70-54(57)33-51-50(59(70)77)39-83-60(78)62(51,5-2)85-56(75)34-65-61(79)84-36-42-19-17-41(18-20-42)30-55(74)53(16-10-11-23-64-6-3)68-58(76)43(29-40-13-8-7-9-14-40)31-46(73)38-82-37-45(72)15-12-25-80-27-28-81-26-24-66-69-63/h7-9,13-14,17-22,32-33,43,53,64,71H,4-6,10-12,15-16,23-31,34-39H2,1-3H3,(H,65,79)(H,68,76)/t43?,53?,62-/m0/s1/i3T. The summed E-state index contributed by atoms with van der Waals surface area (Å²) in [6, 6.07) is 21.5. The number of hydrogen-bond acceptors (Lipinski definition) is 18. The second-order valence-corrected chi connectivity index (χ2v) is 20.7. The normalized spacial score (nSPS) is 14.8. The number of benzene rings is 3. The van der Waals surface area contributed by atoms with Gasteiger partial charge >= 0.3 is 18.0 Å². The zero-order chi connectivity index (χ0) is 61.4. The topological polar surface area (TPSA) is 315 Å². The molecule has 0 saturated heterocycles. The van der Waals surface area contributed by atoms with E-state index in [1.807, 2.05) is 37.3 Å². The minimum Gasteiger partial charge on any atom is -0.508 e. The average molecular weight is 1170 g/mol. The van der Waals surface area contributed by atoms with Gasteiger partial charge in [0.25, 0.3) is 5.56 Å². The molecule has 3 atom stereocenters. The molecule has 2 unspecified atom stereocenters. The first kappa shape index (κ1) is 62.7. The van der Waals surface area contributed by atoms with E-state index in [0.717, 1.165) is 22.1 Å². The van der Waals surface area contributed by atoms with Gasteiger partial charge in [0, 0.05) is 61.1 Å². The lowest BCUT2D eigenvalue weighted by molar-refractivity contribution is -0.188. The molecule has 4 heterocycles. The van der Waals surface area contributed by atoms with Gasteiger partial charge in [0.15, 0.2) is 17.3 Å². The number of amides is 2. The van der Waals surface area contributed by atoms with E-state index in [-0.39, 0.29) is 119 Å². The highest BCUT2D eigenvalue weighted by Crippen LogP contribution is 2.42. The number of phenolic OH excluding ortho intramolecular Hbond substituents is 1. The number of ketones is 3. The highest BCUT2D eigenvalue weighted by atomic mass is 16.6. The molecule has 0 bridgehead atoms. The third-order valence-electron chi connectivity index (χ3n) is 14.7. The first-order valence-corrected chi connectivity index (χ1v) is 28.6. The maximum absolute atomic E-state index is 14.2. The number of nitrogens with one attached hydrogen (secondary N) is 3. The number of Topliss-reactive ketones (excluding diaryl/α,β-unsaturated/α-hetero) is 3. The molecular formula is C62H74N8O15. The van der Waals surface area contributed by atoms with Gasteiger partial charge in [0.1, 0.15) is 38.7 Å². The molecule has 452 valence electrons. The van der Waals surface area contributed by atoms with E-state index in [2.05, 4.69) is 26.0 Å². The Kier molecular flexibility index (Phi) is 23.7. The predicted octanol–water partition coefficient (Wildman–Crippen LogP) is 6.73. The van der Waals surface area contributed by atoms with Crippen molar-refractivity contribution >= 4 is 52.2 Å². The molecule has 2 aromatic heterocycles. The Morgan fingerprint density at radius 1 is 0.894 bits per heavy atom. The van der Waals surface area contributed by atoms with Gasteiger partial charge in [0.2, 0.25) is 11.5 Å². The first-order valence-electron chi connectivity index (χ1n) is 29.3. The third kappa shape index (κ3) is 17.6. The molecule has 5 aromatic rings. The van der Waals surface area contributed by atoms with Crippen LogP contribution in [0.2, 0.25) is 0 Å². The summed E-state index contributed by atoms with van der Waals surface area (Å²) < 4.78 is 41.9. The van der Waals surface area contributed by atoms with Gasteiger partial charge in [0.05, 0.1) is 54.9 Å². The van der Waals surface area contributed by atoms with Crippen molar-refractivity contribution in [2.24, 2.45) is 11.0 Å². The number of nitrogens with zero attached hydrogens (tertiary/aromatic N) is 5. The van der Waals surface area contributed by atoms with Crippen LogP contribution in [0.15, 0.2) is 88.8 Å². The average Bonchev–Trinajstić information content (AvgIpc) is 1.49. The van der Waals surface area contributed by atoms with Crippen molar-refractivity contribution in [3.8, 4) is 17.1 Å². The quantitative estimate of drug-likeness (QED) is 0.00791. The Hall–Kier alpha value is -8.34. The molecule has 85 heavy (non-hydrogen) atoms. The van der Waals surface area contributed by atoms with Gasteiger partial charge in [-0.05, 0) is 110 Å². The monoisotopic (exact) mass is 1170 g/mol. The van der Waals surface area contributed by atoms with Crippen molar-refractivity contribution in [1.82, 2.24) is 25.5 Å². The van der Waals surface area contributed by atoms with Gasteiger partial charge in [-0.1, -0.05) is 80.5 Å². The van der Waals surface area contributed by atoms with Crippen molar-refractivity contribution in [3.63, 3.8) is 0 Å². The van der Waals surface area contributed by atoms with Crippen molar-refractivity contribution in [1.29, 1.82) is 0 Å². The summed E-state index contributed by atoms with van der Waals surface area (Å²) in [6.07, 6.45) is 1.67. The van der Waals surface area contributed by atoms with Crippen molar-refractivity contribution in [3.05, 3.63) is 139 Å². The molecule has 0 spiro atoms. The fourth-order valence-electron chi connectivity index (χ4n) is 10.4. The first-order chi connectivity index (χ1) is 41.7. The highest BCUT2D eigenvalue weighted by Gasteiger charge is 2.50. The molecular weight excluding hydrogens is 1100 g/mol. The van der Waals surface area contributed by atoms with E-state index in [1.165, 1.54) is 6.07 Å². The highest BCUT2D eigenvalue weighted by molar-refractivity contribution is 5.94. The van der Waals surface area contributed by atoms with Gasteiger partial charge in [-0.3, -0.25) is 28.8 Å². The van der Waals surface area contributed by atoms with Crippen LogP contribution in [-0.4, -0.2) is 128 Å². The molecule has 0 fully saturated rings. The molecule has 3 aromatic carbocycles. The van der Waals surface area contributed by atoms with E-state index in [9.17, 15) is 43.5 Å². The Morgan fingerprint density at radius 3 is 2.41 bits per heavy atom. The van der Waals surface area contributed by atoms with Crippen LogP contribution in [0.3, 0.4) is 0 Å². The molecule has 2 amide bonds. The van der Waals surface area contributed by atoms with E-state index in [4.69, 9.17) is 40.3 Å². The summed E-state index contributed by atoms with van der Waals surface area (Å²) in [4.78, 5) is 116. The molecule has 4 N–H and O–H groups in total.